The van der Waals surface area contributed by atoms with Crippen molar-refractivity contribution in [2.24, 2.45) is 0 Å². The zero-order valence-corrected chi connectivity index (χ0v) is 35.4. The number of nitrogens with one attached hydrogen (secondary N) is 1. The molecule has 0 aliphatic carbocycles. The van der Waals surface area contributed by atoms with Gasteiger partial charge in [-0.3, -0.25) is 13.8 Å². The Morgan fingerprint density at radius 3 is 1.55 bits per heavy atom. The lowest BCUT2D eigenvalue weighted by Gasteiger charge is -2.26. The smallest absolute Gasteiger partial charge is 0.391 e. The highest BCUT2D eigenvalue weighted by molar-refractivity contribution is 7.47. The van der Waals surface area contributed by atoms with Crippen molar-refractivity contribution in [2.45, 2.75) is 161 Å². The summed E-state index contributed by atoms with van der Waals surface area (Å²) in [6, 6.07) is -0.803. The Bertz CT molecular complexity index is 1090. The van der Waals surface area contributed by atoms with Crippen molar-refractivity contribution in [3.8, 4) is 0 Å². The summed E-state index contributed by atoms with van der Waals surface area (Å²) in [4.78, 5) is 23.0. The molecule has 8 nitrogen and oxygen atoms in total. The first-order chi connectivity index (χ1) is 25.5. The summed E-state index contributed by atoms with van der Waals surface area (Å²) >= 11 is 0. The lowest BCUT2D eigenvalue weighted by Crippen LogP contribution is -2.46. The Kier molecular flexibility index (Phi) is 34.2. The van der Waals surface area contributed by atoms with Gasteiger partial charge in [0.15, 0.2) is 0 Å². The van der Waals surface area contributed by atoms with Gasteiger partial charge >= 0.3 is 7.82 Å². The summed E-state index contributed by atoms with van der Waals surface area (Å²) in [5.74, 6) is -0.231. The van der Waals surface area contributed by atoms with Crippen LogP contribution < -0.4 is 5.32 Å². The van der Waals surface area contributed by atoms with E-state index >= 15 is 0 Å². The molecule has 0 bridgehead atoms. The number of amides is 1. The second-order valence-electron chi connectivity index (χ2n) is 15.0. The van der Waals surface area contributed by atoms with Gasteiger partial charge in [-0.15, -0.1) is 0 Å². The predicted octanol–water partition coefficient (Wildman–Crippen LogP) is 11.2. The van der Waals surface area contributed by atoms with Gasteiger partial charge in [0, 0.05) is 6.42 Å². The van der Waals surface area contributed by atoms with Crippen molar-refractivity contribution in [2.75, 3.05) is 40.9 Å². The standard InChI is InChI=1S/C44H79N2O6P/c1-6-8-10-12-14-16-18-20-21-22-23-24-25-26-28-30-32-34-36-38-44(48)45-42(41-52-53(49,50)51-40-39-46(3,4)5)43(47)37-35-33-31-29-27-19-17-15-13-11-9-7-2/h8,10,14,16,20-21,23-24,26,28,32,34,42-43,47H,6-7,9,11-13,15,17-19,22,25,27,29-31,33,35-41H2,1-5H3,(H-,45,48,49,50)/p+1/b10-8-,16-14-,21-20-,24-23-,28-26-,34-32-. The highest BCUT2D eigenvalue weighted by Crippen LogP contribution is 2.43. The Morgan fingerprint density at radius 2 is 1.09 bits per heavy atom. The van der Waals surface area contributed by atoms with Crippen LogP contribution in [0.3, 0.4) is 0 Å². The number of unbranched alkanes of at least 4 members (excludes halogenated alkanes) is 11. The third-order valence-electron chi connectivity index (χ3n) is 8.73. The number of carbonyl (C=O) groups excluding carboxylic acids is 1. The fourth-order valence-corrected chi connectivity index (χ4v) is 6.16. The number of hydrogen-bond donors (Lipinski definition) is 3. The Labute approximate surface area is 325 Å². The van der Waals surface area contributed by atoms with Crippen molar-refractivity contribution >= 4 is 13.7 Å². The minimum Gasteiger partial charge on any atom is -0.391 e. The van der Waals surface area contributed by atoms with Gasteiger partial charge in [-0.2, -0.15) is 0 Å². The molecule has 53 heavy (non-hydrogen) atoms. The molecule has 3 atom stereocenters. The van der Waals surface area contributed by atoms with Crippen LogP contribution in [0.15, 0.2) is 72.9 Å². The first-order valence-corrected chi connectivity index (χ1v) is 22.3. The summed E-state index contributed by atoms with van der Waals surface area (Å²) < 4.78 is 23.5. The Morgan fingerprint density at radius 1 is 0.660 bits per heavy atom. The monoisotopic (exact) mass is 764 g/mol. The van der Waals surface area contributed by atoms with Crippen molar-refractivity contribution in [1.82, 2.24) is 5.32 Å². The van der Waals surface area contributed by atoms with E-state index in [0.717, 1.165) is 57.8 Å². The SMILES string of the molecule is CC/C=C\C/C=C\C/C=C\C/C=C\C/C=C\C/C=C\CCC(=O)NC(COP(=O)(O)OCC[N+](C)(C)C)C(O)CCCCCCCCCCCCCC. The average molecular weight is 764 g/mol. The molecule has 0 heterocycles. The maximum atomic E-state index is 12.8. The normalized spacial score (nSPS) is 15.2. The van der Waals surface area contributed by atoms with Gasteiger partial charge in [0.2, 0.25) is 5.91 Å². The van der Waals surface area contributed by atoms with Gasteiger partial charge in [-0.1, -0.05) is 164 Å². The summed E-state index contributed by atoms with van der Waals surface area (Å²) in [6.45, 7) is 4.68. The van der Waals surface area contributed by atoms with E-state index in [-0.39, 0.29) is 25.5 Å². The number of allylic oxidation sites excluding steroid dienone is 12. The van der Waals surface area contributed by atoms with E-state index in [1.165, 1.54) is 57.8 Å². The molecule has 0 aliphatic rings. The van der Waals surface area contributed by atoms with E-state index in [2.05, 4.69) is 79.9 Å². The molecule has 306 valence electrons. The number of phosphoric acid groups is 1. The summed E-state index contributed by atoms with van der Waals surface area (Å²) in [6.07, 6.45) is 46.5. The van der Waals surface area contributed by atoms with Crippen LogP contribution in [0.5, 0.6) is 0 Å². The first-order valence-electron chi connectivity index (χ1n) is 20.8. The van der Waals surface area contributed by atoms with E-state index in [0.29, 0.717) is 23.9 Å². The van der Waals surface area contributed by atoms with Crippen LogP contribution in [-0.2, 0) is 18.4 Å². The zero-order valence-electron chi connectivity index (χ0n) is 34.5. The van der Waals surface area contributed by atoms with E-state index < -0.39 is 20.0 Å². The van der Waals surface area contributed by atoms with Gasteiger partial charge in [0.25, 0.3) is 0 Å². The molecule has 3 N–H and O–H groups in total. The quantitative estimate of drug-likeness (QED) is 0.0254. The van der Waals surface area contributed by atoms with E-state index in [4.69, 9.17) is 9.05 Å². The molecule has 0 fully saturated rings. The number of aliphatic hydroxyl groups excluding tert-OH is 1. The number of likely N-dealkylation sites (N-methyl/N-ethyl adjacent to an activating group) is 1. The Hall–Kier alpha value is -2.06. The molecule has 3 unspecified atom stereocenters. The number of rotatable bonds is 36. The summed E-state index contributed by atoms with van der Waals surface area (Å²) in [5, 5.41) is 13.8. The second-order valence-corrected chi connectivity index (χ2v) is 16.4. The molecule has 0 saturated carbocycles. The molecular formula is C44H80N2O6P+. The third-order valence-corrected chi connectivity index (χ3v) is 9.72. The van der Waals surface area contributed by atoms with Crippen LogP contribution in [0.4, 0.5) is 0 Å². The number of nitrogens with zero attached hydrogens (tertiary/aromatic N) is 1. The molecule has 0 rings (SSSR count). The topological polar surface area (TPSA) is 105 Å². The molecule has 0 aromatic heterocycles. The largest absolute Gasteiger partial charge is 0.472 e. The summed E-state index contributed by atoms with van der Waals surface area (Å²) in [7, 11) is 1.55. The number of phosphoric ester groups is 1. The predicted molar refractivity (Wildman–Crippen MR) is 226 cm³/mol. The van der Waals surface area contributed by atoms with Crippen LogP contribution >= 0.6 is 7.82 Å². The zero-order chi connectivity index (χ0) is 39.3. The van der Waals surface area contributed by atoms with Crippen LogP contribution in [-0.4, -0.2) is 73.4 Å². The van der Waals surface area contributed by atoms with Crippen LogP contribution in [0.25, 0.3) is 0 Å². The first kappa shape index (κ1) is 50.9. The van der Waals surface area contributed by atoms with Crippen molar-refractivity contribution in [1.29, 1.82) is 0 Å². The molecule has 0 aliphatic heterocycles. The minimum absolute atomic E-state index is 0.0572. The molecule has 0 saturated heterocycles. The van der Waals surface area contributed by atoms with Crippen molar-refractivity contribution < 1.29 is 32.9 Å². The van der Waals surface area contributed by atoms with Gasteiger partial charge in [-0.25, -0.2) is 4.57 Å². The highest BCUT2D eigenvalue weighted by atomic mass is 31.2. The number of aliphatic hydroxyl groups is 1. The van der Waals surface area contributed by atoms with Crippen molar-refractivity contribution in [3.63, 3.8) is 0 Å². The molecule has 0 aromatic carbocycles. The summed E-state index contributed by atoms with van der Waals surface area (Å²) in [5.41, 5.74) is 0. The van der Waals surface area contributed by atoms with Crippen LogP contribution in [0.1, 0.15) is 149 Å². The van der Waals surface area contributed by atoms with Gasteiger partial charge in [0.05, 0.1) is 39.9 Å². The minimum atomic E-state index is -4.33. The lowest BCUT2D eigenvalue weighted by atomic mass is 10.0. The molecule has 9 heteroatoms. The lowest BCUT2D eigenvalue weighted by molar-refractivity contribution is -0.870. The van der Waals surface area contributed by atoms with Crippen LogP contribution in [0, 0.1) is 0 Å². The van der Waals surface area contributed by atoms with E-state index in [1.54, 1.807) is 0 Å². The molecule has 0 radical (unpaired) electrons. The second kappa shape index (κ2) is 35.6. The molecular weight excluding hydrogens is 683 g/mol. The average Bonchev–Trinajstić information content (AvgIpc) is 3.10. The molecule has 0 spiro atoms. The number of carbonyl (C=O) groups is 1. The number of quaternary nitrogens is 1. The highest BCUT2D eigenvalue weighted by Gasteiger charge is 2.28. The van der Waals surface area contributed by atoms with Gasteiger partial charge < -0.3 is 19.8 Å². The van der Waals surface area contributed by atoms with E-state index in [9.17, 15) is 19.4 Å². The fraction of sp³-hybridized carbons (Fsp3) is 0.705. The maximum absolute atomic E-state index is 12.8. The van der Waals surface area contributed by atoms with Crippen molar-refractivity contribution in [3.05, 3.63) is 72.9 Å². The van der Waals surface area contributed by atoms with Crippen LogP contribution in [0.2, 0.25) is 0 Å². The van der Waals surface area contributed by atoms with Gasteiger partial charge in [-0.05, 0) is 51.4 Å². The van der Waals surface area contributed by atoms with E-state index in [1.807, 2.05) is 33.3 Å². The fourth-order valence-electron chi connectivity index (χ4n) is 5.42. The molecule has 0 aromatic rings. The van der Waals surface area contributed by atoms with Gasteiger partial charge in [0.1, 0.15) is 13.2 Å². The Balaban J connectivity index is 4.56. The molecule has 1 amide bonds. The number of hydrogen-bond acceptors (Lipinski definition) is 5. The third kappa shape index (κ3) is 38.0. The maximum Gasteiger partial charge on any atom is 0.472 e.